The fraction of sp³-hybridized carbons (Fsp3) is 0.474. The molecule has 2 rings (SSSR count). The molecule has 0 radical (unpaired) electrons. The molecule has 1 fully saturated rings. The Balaban J connectivity index is 1.90. The van der Waals surface area contributed by atoms with E-state index >= 15 is 0 Å². The quantitative estimate of drug-likeness (QED) is 0.621. The van der Waals surface area contributed by atoms with E-state index in [0.717, 1.165) is 10.5 Å². The van der Waals surface area contributed by atoms with E-state index in [4.69, 9.17) is 9.47 Å². The Morgan fingerprint density at radius 3 is 2.48 bits per heavy atom. The first-order valence-corrected chi connectivity index (χ1v) is 8.69. The summed E-state index contributed by atoms with van der Waals surface area (Å²) in [6, 6.07) is 8.14. The summed E-state index contributed by atoms with van der Waals surface area (Å²) < 4.78 is 10.2. The molecule has 1 aromatic rings. The molecule has 27 heavy (non-hydrogen) atoms. The van der Waals surface area contributed by atoms with Gasteiger partial charge in [0.25, 0.3) is 5.91 Å². The number of nitrogens with zero attached hydrogens (tertiary/aromatic N) is 1. The molecule has 0 unspecified atom stereocenters. The largest absolute Gasteiger partial charge is 0.459 e. The van der Waals surface area contributed by atoms with Gasteiger partial charge < -0.3 is 14.8 Å². The van der Waals surface area contributed by atoms with Crippen LogP contribution in [0.4, 0.5) is 4.79 Å². The first-order valence-electron chi connectivity index (χ1n) is 8.69. The van der Waals surface area contributed by atoms with Crippen molar-refractivity contribution in [1.29, 1.82) is 0 Å². The lowest BCUT2D eigenvalue weighted by molar-refractivity contribution is -0.159. The Morgan fingerprint density at radius 1 is 1.19 bits per heavy atom. The number of nitrogens with one attached hydrogen (secondary N) is 1. The van der Waals surface area contributed by atoms with Crippen LogP contribution < -0.4 is 5.32 Å². The van der Waals surface area contributed by atoms with E-state index < -0.39 is 42.1 Å². The number of amides is 3. The second-order valence-corrected chi connectivity index (χ2v) is 7.20. The van der Waals surface area contributed by atoms with Gasteiger partial charge in [0.15, 0.2) is 0 Å². The average molecular weight is 376 g/mol. The van der Waals surface area contributed by atoms with Crippen molar-refractivity contribution in [3.8, 4) is 0 Å². The van der Waals surface area contributed by atoms with E-state index in [1.54, 1.807) is 32.9 Å². The van der Waals surface area contributed by atoms with E-state index in [0.29, 0.717) is 0 Å². The topological polar surface area (TPSA) is 102 Å². The van der Waals surface area contributed by atoms with E-state index in [2.05, 4.69) is 5.32 Å². The molecule has 8 nitrogen and oxygen atoms in total. The molecule has 0 bridgehead atoms. The maximum Gasteiger partial charge on any atom is 0.408 e. The van der Waals surface area contributed by atoms with Crippen LogP contribution in [0, 0.1) is 0 Å². The first kappa shape index (κ1) is 20.4. The van der Waals surface area contributed by atoms with Crippen LogP contribution in [0.3, 0.4) is 0 Å². The summed E-state index contributed by atoms with van der Waals surface area (Å²) in [6.07, 6.45) is -0.549. The lowest BCUT2D eigenvalue weighted by Gasteiger charge is -2.31. The zero-order valence-electron chi connectivity index (χ0n) is 15.7. The van der Waals surface area contributed by atoms with Gasteiger partial charge in [-0.15, -0.1) is 0 Å². The molecule has 0 aliphatic carbocycles. The van der Waals surface area contributed by atoms with Crippen molar-refractivity contribution in [3.05, 3.63) is 35.9 Å². The summed E-state index contributed by atoms with van der Waals surface area (Å²) in [5.74, 6) is -1.81. The zero-order valence-corrected chi connectivity index (χ0v) is 15.7. The van der Waals surface area contributed by atoms with Crippen molar-refractivity contribution in [3.63, 3.8) is 0 Å². The highest BCUT2D eigenvalue weighted by atomic mass is 16.6. The Labute approximate surface area is 157 Å². The van der Waals surface area contributed by atoms with Crippen molar-refractivity contribution in [2.75, 3.05) is 6.54 Å². The molecule has 8 heteroatoms. The van der Waals surface area contributed by atoms with Gasteiger partial charge in [-0.2, -0.15) is 0 Å². The smallest absolute Gasteiger partial charge is 0.408 e. The number of likely N-dealkylation sites (tertiary alicyclic amines) is 1. The van der Waals surface area contributed by atoms with Crippen LogP contribution in [0.25, 0.3) is 0 Å². The van der Waals surface area contributed by atoms with E-state index in [1.165, 1.54) is 0 Å². The number of benzene rings is 1. The highest BCUT2D eigenvalue weighted by Gasteiger charge is 2.37. The van der Waals surface area contributed by atoms with Crippen LogP contribution >= 0.6 is 0 Å². The number of carbonyl (C=O) groups is 4. The fourth-order valence-corrected chi connectivity index (χ4v) is 2.50. The van der Waals surface area contributed by atoms with Crippen LogP contribution in [-0.4, -0.2) is 47.0 Å². The molecule has 0 aromatic heterocycles. The number of ether oxygens (including phenoxy) is 2. The van der Waals surface area contributed by atoms with E-state index in [9.17, 15) is 19.2 Å². The summed E-state index contributed by atoms with van der Waals surface area (Å²) in [5, 5.41) is 2.45. The SMILES string of the molecule is CC(C)(C)OC(=O)N[C@H]1CCC(=O)N(CC(=O)OCc2ccccc2)C1=O. The third-order valence-electron chi connectivity index (χ3n) is 3.73. The highest BCUT2D eigenvalue weighted by molar-refractivity contribution is 6.03. The van der Waals surface area contributed by atoms with Gasteiger partial charge in [0.05, 0.1) is 0 Å². The summed E-state index contributed by atoms with van der Waals surface area (Å²) >= 11 is 0. The number of imide groups is 1. The molecule has 1 heterocycles. The summed E-state index contributed by atoms with van der Waals surface area (Å²) in [5.41, 5.74) is 0.0880. The van der Waals surface area contributed by atoms with Crippen LogP contribution in [0.5, 0.6) is 0 Å². The number of rotatable bonds is 5. The van der Waals surface area contributed by atoms with E-state index in [1.807, 2.05) is 18.2 Å². The predicted octanol–water partition coefficient (Wildman–Crippen LogP) is 1.77. The summed E-state index contributed by atoms with van der Waals surface area (Å²) in [7, 11) is 0. The second-order valence-electron chi connectivity index (χ2n) is 7.20. The Hall–Kier alpha value is -2.90. The molecule has 1 aliphatic heterocycles. The standard InChI is InChI=1S/C19H24N2O6/c1-19(2,3)27-18(25)20-14-9-10-15(22)21(17(14)24)11-16(23)26-12-13-7-5-4-6-8-13/h4-8,14H,9-12H2,1-3H3,(H,20,25)/t14-/m0/s1. The van der Waals surface area contributed by atoms with Crippen molar-refractivity contribution in [2.24, 2.45) is 0 Å². The van der Waals surface area contributed by atoms with Crippen molar-refractivity contribution in [1.82, 2.24) is 10.2 Å². The van der Waals surface area contributed by atoms with Crippen LogP contribution in [0.1, 0.15) is 39.2 Å². The summed E-state index contributed by atoms with van der Waals surface area (Å²) in [6.45, 7) is 4.67. The monoisotopic (exact) mass is 376 g/mol. The van der Waals surface area contributed by atoms with E-state index in [-0.39, 0.29) is 19.4 Å². The Kier molecular flexibility index (Phi) is 6.55. The minimum Gasteiger partial charge on any atom is -0.459 e. The molecular weight excluding hydrogens is 352 g/mol. The molecule has 1 saturated heterocycles. The van der Waals surface area contributed by atoms with Gasteiger partial charge in [0.2, 0.25) is 5.91 Å². The van der Waals surface area contributed by atoms with Crippen molar-refractivity contribution in [2.45, 2.75) is 51.9 Å². The van der Waals surface area contributed by atoms with Crippen molar-refractivity contribution < 1.29 is 28.7 Å². The molecular formula is C19H24N2O6. The normalized spacial score (nSPS) is 17.4. The zero-order chi connectivity index (χ0) is 20.0. The second kappa shape index (κ2) is 8.66. The molecule has 1 aromatic carbocycles. The van der Waals surface area contributed by atoms with Gasteiger partial charge in [-0.05, 0) is 32.8 Å². The number of alkyl carbamates (subject to hydrolysis) is 1. The van der Waals surface area contributed by atoms with Crippen molar-refractivity contribution >= 4 is 23.9 Å². The molecule has 146 valence electrons. The van der Waals surface area contributed by atoms with Gasteiger partial charge in [-0.25, -0.2) is 4.79 Å². The van der Waals surface area contributed by atoms with Gasteiger partial charge in [-0.3, -0.25) is 19.3 Å². The minimum absolute atomic E-state index is 0.0399. The molecule has 0 saturated carbocycles. The van der Waals surface area contributed by atoms with Gasteiger partial charge in [-0.1, -0.05) is 30.3 Å². The number of piperidine rings is 1. The van der Waals surface area contributed by atoms with Crippen LogP contribution in [-0.2, 0) is 30.5 Å². The van der Waals surface area contributed by atoms with Crippen LogP contribution in [0.15, 0.2) is 30.3 Å². The maximum atomic E-state index is 12.5. The molecule has 1 N–H and O–H groups in total. The van der Waals surface area contributed by atoms with Gasteiger partial charge in [0.1, 0.15) is 24.8 Å². The molecule has 1 aliphatic rings. The lowest BCUT2D eigenvalue weighted by atomic mass is 10.0. The summed E-state index contributed by atoms with van der Waals surface area (Å²) in [4.78, 5) is 49.2. The van der Waals surface area contributed by atoms with Gasteiger partial charge >= 0.3 is 12.1 Å². The van der Waals surface area contributed by atoms with Gasteiger partial charge in [0, 0.05) is 6.42 Å². The lowest BCUT2D eigenvalue weighted by Crippen LogP contribution is -2.56. The number of esters is 1. The third kappa shape index (κ3) is 6.40. The fourth-order valence-electron chi connectivity index (χ4n) is 2.50. The maximum absolute atomic E-state index is 12.5. The molecule has 3 amide bonds. The highest BCUT2D eigenvalue weighted by Crippen LogP contribution is 2.15. The Morgan fingerprint density at radius 2 is 1.85 bits per heavy atom. The average Bonchev–Trinajstić information content (AvgIpc) is 2.58. The minimum atomic E-state index is -0.917. The number of carbonyl (C=O) groups excluding carboxylic acids is 4. The predicted molar refractivity (Wildman–Crippen MR) is 95.3 cm³/mol. The molecule has 1 atom stereocenters. The number of hydrogen-bond acceptors (Lipinski definition) is 6. The third-order valence-corrected chi connectivity index (χ3v) is 3.73. The Bertz CT molecular complexity index is 711. The van der Waals surface area contributed by atoms with Crippen LogP contribution in [0.2, 0.25) is 0 Å². The number of hydrogen-bond donors (Lipinski definition) is 1. The molecule has 0 spiro atoms. The first-order chi connectivity index (χ1) is 12.7.